The molecule has 1 aliphatic carbocycles. The van der Waals surface area contributed by atoms with Gasteiger partial charge in [-0.3, -0.25) is 14.4 Å². The highest BCUT2D eigenvalue weighted by atomic mass is 16.2. The zero-order chi connectivity index (χ0) is 22.9. The number of pyridine rings is 1. The Morgan fingerprint density at radius 1 is 0.970 bits per heavy atom. The number of hydrogen-bond donors (Lipinski definition) is 1. The standard InChI is InChI=1S/C25H31N5O3/c1-16-20(25(33)29-10-5-6-11-29)14-26-22(27-16)18-9-12-30(15-18)24(32)19-13-17-7-3-2-4-8-21(17)28-23(19)31/h13-14,18H,2-12,15H2,1H3,(H,28,31)/t18-/m1/s1. The van der Waals surface area contributed by atoms with Crippen molar-refractivity contribution in [2.24, 2.45) is 0 Å². The highest BCUT2D eigenvalue weighted by Gasteiger charge is 2.32. The molecule has 33 heavy (non-hydrogen) atoms. The molecular formula is C25H31N5O3. The molecule has 1 atom stereocenters. The van der Waals surface area contributed by atoms with Crippen LogP contribution in [0.3, 0.4) is 0 Å². The van der Waals surface area contributed by atoms with Gasteiger partial charge in [0.25, 0.3) is 17.4 Å². The molecule has 0 radical (unpaired) electrons. The number of nitrogens with zero attached hydrogens (tertiary/aromatic N) is 4. The summed E-state index contributed by atoms with van der Waals surface area (Å²) in [4.78, 5) is 54.2. The number of aromatic amines is 1. The summed E-state index contributed by atoms with van der Waals surface area (Å²) in [6, 6.07) is 1.81. The minimum absolute atomic E-state index is 0.00205. The number of amides is 2. The van der Waals surface area contributed by atoms with E-state index < -0.39 is 0 Å². The zero-order valence-corrected chi connectivity index (χ0v) is 19.2. The summed E-state index contributed by atoms with van der Waals surface area (Å²) in [6.45, 7) is 4.48. The van der Waals surface area contributed by atoms with Crippen molar-refractivity contribution in [2.45, 2.75) is 64.2 Å². The summed E-state index contributed by atoms with van der Waals surface area (Å²) >= 11 is 0. The van der Waals surface area contributed by atoms with E-state index in [1.165, 1.54) is 0 Å². The predicted molar refractivity (Wildman–Crippen MR) is 123 cm³/mol. The monoisotopic (exact) mass is 449 g/mol. The molecule has 4 heterocycles. The predicted octanol–water partition coefficient (Wildman–Crippen LogP) is 2.61. The van der Waals surface area contributed by atoms with Gasteiger partial charge in [-0.15, -0.1) is 0 Å². The minimum Gasteiger partial charge on any atom is -0.339 e. The molecule has 5 rings (SSSR count). The third kappa shape index (κ3) is 4.30. The molecule has 2 aromatic rings. The highest BCUT2D eigenvalue weighted by Crippen LogP contribution is 2.27. The molecule has 0 bridgehead atoms. The second kappa shape index (κ2) is 9.08. The fraction of sp³-hybridized carbons (Fsp3) is 0.560. The quantitative estimate of drug-likeness (QED) is 0.726. The second-order valence-corrected chi connectivity index (χ2v) is 9.54. The molecule has 0 aromatic carbocycles. The number of rotatable bonds is 3. The fourth-order valence-corrected chi connectivity index (χ4v) is 5.32. The summed E-state index contributed by atoms with van der Waals surface area (Å²) in [5.74, 6) is 0.450. The van der Waals surface area contributed by atoms with Gasteiger partial charge in [0.05, 0.1) is 11.3 Å². The molecule has 3 aliphatic rings. The third-order valence-electron chi connectivity index (χ3n) is 7.28. The van der Waals surface area contributed by atoms with E-state index in [0.29, 0.717) is 30.2 Å². The lowest BCUT2D eigenvalue weighted by Crippen LogP contribution is -2.33. The average molecular weight is 450 g/mol. The molecule has 2 fully saturated rings. The van der Waals surface area contributed by atoms with Crippen LogP contribution in [0.2, 0.25) is 0 Å². The number of nitrogens with one attached hydrogen (secondary N) is 1. The van der Waals surface area contributed by atoms with Gasteiger partial charge in [-0.25, -0.2) is 9.97 Å². The Bertz CT molecular complexity index is 1140. The number of carbonyl (C=O) groups is 2. The Labute approximate surface area is 193 Å². The number of aryl methyl sites for hydroxylation is 3. The van der Waals surface area contributed by atoms with Gasteiger partial charge in [-0.2, -0.15) is 0 Å². The van der Waals surface area contributed by atoms with Gasteiger partial charge in [-0.05, 0) is 63.5 Å². The van der Waals surface area contributed by atoms with Crippen molar-refractivity contribution >= 4 is 11.8 Å². The van der Waals surface area contributed by atoms with Gasteiger partial charge < -0.3 is 14.8 Å². The van der Waals surface area contributed by atoms with Crippen LogP contribution in [-0.2, 0) is 12.8 Å². The molecule has 0 saturated carbocycles. The van der Waals surface area contributed by atoms with Crippen LogP contribution in [-0.4, -0.2) is 62.7 Å². The molecule has 8 nitrogen and oxygen atoms in total. The number of fused-ring (bicyclic) bond motifs is 1. The summed E-state index contributed by atoms with van der Waals surface area (Å²) in [7, 11) is 0. The maximum Gasteiger partial charge on any atom is 0.261 e. The summed E-state index contributed by atoms with van der Waals surface area (Å²) in [5.41, 5.74) is 3.28. The topological polar surface area (TPSA) is 99.3 Å². The van der Waals surface area contributed by atoms with Crippen LogP contribution in [0.15, 0.2) is 17.1 Å². The molecule has 174 valence electrons. The van der Waals surface area contributed by atoms with Gasteiger partial charge >= 0.3 is 0 Å². The Balaban J connectivity index is 1.30. The number of carbonyl (C=O) groups excluding carboxylic acids is 2. The van der Waals surface area contributed by atoms with Crippen LogP contribution >= 0.6 is 0 Å². The van der Waals surface area contributed by atoms with E-state index in [-0.39, 0.29) is 28.9 Å². The van der Waals surface area contributed by atoms with Crippen LogP contribution in [0.25, 0.3) is 0 Å². The first-order chi connectivity index (χ1) is 16.0. The largest absolute Gasteiger partial charge is 0.339 e. The van der Waals surface area contributed by atoms with Crippen LogP contribution in [0.1, 0.15) is 87.9 Å². The average Bonchev–Trinajstić information content (AvgIpc) is 3.47. The van der Waals surface area contributed by atoms with Crippen molar-refractivity contribution < 1.29 is 9.59 Å². The summed E-state index contributed by atoms with van der Waals surface area (Å²) in [5, 5.41) is 0. The van der Waals surface area contributed by atoms with Crippen molar-refractivity contribution in [3.8, 4) is 0 Å². The molecule has 2 saturated heterocycles. The molecule has 0 unspecified atom stereocenters. The van der Waals surface area contributed by atoms with Crippen molar-refractivity contribution in [1.29, 1.82) is 0 Å². The van der Waals surface area contributed by atoms with Crippen molar-refractivity contribution in [3.05, 3.63) is 56.5 Å². The first kappa shape index (κ1) is 21.8. The van der Waals surface area contributed by atoms with Gasteiger partial charge in [0.1, 0.15) is 11.4 Å². The Morgan fingerprint density at radius 2 is 1.73 bits per heavy atom. The third-order valence-corrected chi connectivity index (χ3v) is 7.28. The molecule has 8 heteroatoms. The summed E-state index contributed by atoms with van der Waals surface area (Å²) in [6.07, 6.45) is 9.56. The molecular weight excluding hydrogens is 418 g/mol. The number of aromatic nitrogens is 3. The lowest BCUT2D eigenvalue weighted by Gasteiger charge is -2.18. The molecule has 2 aromatic heterocycles. The van der Waals surface area contributed by atoms with E-state index in [2.05, 4.69) is 15.0 Å². The Morgan fingerprint density at radius 3 is 2.52 bits per heavy atom. The molecule has 2 aliphatic heterocycles. The molecule has 1 N–H and O–H groups in total. The van der Waals surface area contributed by atoms with E-state index in [4.69, 9.17) is 0 Å². The van der Waals surface area contributed by atoms with Gasteiger partial charge in [0.15, 0.2) is 0 Å². The van der Waals surface area contributed by atoms with Crippen LogP contribution in [0.4, 0.5) is 0 Å². The second-order valence-electron chi connectivity index (χ2n) is 9.54. The van der Waals surface area contributed by atoms with Gasteiger partial charge in [-0.1, -0.05) is 6.42 Å². The van der Waals surface area contributed by atoms with Crippen LogP contribution < -0.4 is 5.56 Å². The van der Waals surface area contributed by atoms with E-state index in [1.54, 1.807) is 11.1 Å². The normalized spacial score (nSPS) is 20.6. The van der Waals surface area contributed by atoms with E-state index in [1.807, 2.05) is 17.9 Å². The summed E-state index contributed by atoms with van der Waals surface area (Å²) < 4.78 is 0. The van der Waals surface area contributed by atoms with E-state index >= 15 is 0 Å². The van der Waals surface area contributed by atoms with Gasteiger partial charge in [0.2, 0.25) is 0 Å². The van der Waals surface area contributed by atoms with Crippen molar-refractivity contribution in [1.82, 2.24) is 24.8 Å². The van der Waals surface area contributed by atoms with Crippen molar-refractivity contribution in [2.75, 3.05) is 26.2 Å². The van der Waals surface area contributed by atoms with Crippen molar-refractivity contribution in [3.63, 3.8) is 0 Å². The molecule has 0 spiro atoms. The van der Waals surface area contributed by atoms with E-state index in [0.717, 1.165) is 75.7 Å². The first-order valence-corrected chi connectivity index (χ1v) is 12.2. The van der Waals surface area contributed by atoms with Crippen LogP contribution in [0.5, 0.6) is 0 Å². The van der Waals surface area contributed by atoms with Crippen LogP contribution in [0, 0.1) is 6.92 Å². The number of H-pyrrole nitrogens is 1. The Hall–Kier alpha value is -3.03. The Kier molecular flexibility index (Phi) is 6.00. The maximum atomic E-state index is 13.2. The lowest BCUT2D eigenvalue weighted by molar-refractivity contribution is 0.0783. The minimum atomic E-state index is -0.291. The first-order valence-electron chi connectivity index (χ1n) is 12.2. The lowest BCUT2D eigenvalue weighted by atomic mass is 10.1. The maximum absolute atomic E-state index is 13.2. The van der Waals surface area contributed by atoms with E-state index in [9.17, 15) is 14.4 Å². The highest BCUT2D eigenvalue weighted by molar-refractivity contribution is 5.95. The fourth-order valence-electron chi connectivity index (χ4n) is 5.32. The van der Waals surface area contributed by atoms with Gasteiger partial charge in [0, 0.05) is 44.0 Å². The number of likely N-dealkylation sites (tertiary alicyclic amines) is 2. The molecule has 2 amide bonds. The SMILES string of the molecule is Cc1nc([C@@H]2CCN(C(=O)c3cc4c([nH]c3=O)CCCCC4)C2)ncc1C(=O)N1CCCC1. The smallest absolute Gasteiger partial charge is 0.261 e. The zero-order valence-electron chi connectivity index (χ0n) is 19.2. The number of hydrogen-bond acceptors (Lipinski definition) is 5.